The van der Waals surface area contributed by atoms with E-state index in [1.54, 1.807) is 0 Å². The first-order valence-electron chi connectivity index (χ1n) is 12.1. The lowest BCUT2D eigenvalue weighted by Gasteiger charge is -2.31. The molecule has 1 aliphatic heterocycles. The molecule has 2 amide bonds. The maximum atomic E-state index is 12.5. The van der Waals surface area contributed by atoms with Crippen molar-refractivity contribution >= 4 is 24.0 Å². The molecule has 0 radical (unpaired) electrons. The number of anilines is 1. The van der Waals surface area contributed by atoms with Crippen molar-refractivity contribution in [2.45, 2.75) is 45.1 Å². The number of hydrogen-bond acceptors (Lipinski definition) is 5. The number of hydrogen-bond donors (Lipinski definition) is 2. The zero-order valence-corrected chi connectivity index (χ0v) is 19.9. The Hall–Kier alpha value is -3.19. The topological polar surface area (TPSA) is 87.7 Å². The van der Waals surface area contributed by atoms with Crippen LogP contribution >= 0.6 is 0 Å². The van der Waals surface area contributed by atoms with Crippen molar-refractivity contribution < 1.29 is 19.1 Å². The molecule has 1 heterocycles. The van der Waals surface area contributed by atoms with Gasteiger partial charge in [-0.2, -0.15) is 0 Å². The number of carbonyl (C=O) groups is 3. The van der Waals surface area contributed by atoms with Gasteiger partial charge in [0.25, 0.3) is 0 Å². The summed E-state index contributed by atoms with van der Waals surface area (Å²) in [6.45, 7) is 4.91. The number of carbonyl (C=O) groups excluding carboxylic acids is 3. The van der Waals surface area contributed by atoms with Crippen molar-refractivity contribution in [2.24, 2.45) is 5.92 Å². The number of nitrogens with zero attached hydrogens (tertiary/aromatic N) is 1. The molecular weight excluding hydrogens is 430 g/mol. The average Bonchev–Trinajstić information content (AvgIpc) is 2.86. The van der Waals surface area contributed by atoms with Crippen molar-refractivity contribution in [1.82, 2.24) is 10.2 Å². The molecule has 0 bridgehead atoms. The molecule has 0 spiro atoms. The highest BCUT2D eigenvalue weighted by atomic mass is 16.6. The van der Waals surface area contributed by atoms with Crippen molar-refractivity contribution in [1.29, 1.82) is 0 Å². The molecule has 2 N–H and O–H groups in total. The molecule has 34 heavy (non-hydrogen) atoms. The molecule has 182 valence electrons. The Labute approximate surface area is 201 Å². The third-order valence-electron chi connectivity index (χ3n) is 6.19. The number of likely N-dealkylation sites (tertiary alicyclic amines) is 1. The van der Waals surface area contributed by atoms with E-state index >= 15 is 0 Å². The number of unbranched alkanes of at least 4 members (excludes halogenated alkanes) is 1. The molecule has 1 atom stereocenters. The number of nitrogens with one attached hydrogen (secondary N) is 2. The highest BCUT2D eigenvalue weighted by molar-refractivity contribution is 5.91. The average molecular weight is 466 g/mol. The molecule has 1 unspecified atom stereocenters. The lowest BCUT2D eigenvalue weighted by atomic mass is 10.0. The predicted octanol–water partition coefficient (Wildman–Crippen LogP) is 4.49. The van der Waals surface area contributed by atoms with Crippen LogP contribution in [0.3, 0.4) is 0 Å². The molecule has 0 aromatic heterocycles. The fraction of sp³-hybridized carbons (Fsp3) is 0.444. The molecule has 0 aliphatic carbocycles. The number of ether oxygens (including phenoxy) is 1. The Morgan fingerprint density at radius 1 is 1.09 bits per heavy atom. The van der Waals surface area contributed by atoms with Gasteiger partial charge in [0.15, 0.2) is 0 Å². The number of amides is 2. The van der Waals surface area contributed by atoms with Gasteiger partial charge in [0.1, 0.15) is 12.4 Å². The molecule has 7 nitrogen and oxygen atoms in total. The normalized spacial score (nSPS) is 15.3. The zero-order valence-electron chi connectivity index (χ0n) is 19.9. The number of piperidine rings is 1. The Kier molecular flexibility index (Phi) is 10.1. The number of para-hydroxylation sites is 1. The van der Waals surface area contributed by atoms with Gasteiger partial charge in [0.05, 0.1) is 5.69 Å². The minimum absolute atomic E-state index is 0.0385. The van der Waals surface area contributed by atoms with E-state index in [1.165, 1.54) is 0 Å². The van der Waals surface area contributed by atoms with E-state index in [4.69, 9.17) is 4.74 Å². The first-order chi connectivity index (χ1) is 16.6. The fourth-order valence-corrected chi connectivity index (χ4v) is 4.15. The van der Waals surface area contributed by atoms with Crippen LogP contribution in [0.1, 0.15) is 39.0 Å². The van der Waals surface area contributed by atoms with Crippen molar-refractivity contribution in [2.75, 3.05) is 31.5 Å². The van der Waals surface area contributed by atoms with E-state index in [0.29, 0.717) is 13.0 Å². The first-order valence-corrected chi connectivity index (χ1v) is 12.1. The van der Waals surface area contributed by atoms with Crippen LogP contribution in [-0.2, 0) is 14.3 Å². The van der Waals surface area contributed by atoms with Crippen LogP contribution in [0.5, 0.6) is 0 Å². The monoisotopic (exact) mass is 465 g/mol. The van der Waals surface area contributed by atoms with Gasteiger partial charge in [-0.1, -0.05) is 55.5 Å². The smallest absolute Gasteiger partial charge is 0.411 e. The van der Waals surface area contributed by atoms with E-state index in [9.17, 15) is 14.4 Å². The van der Waals surface area contributed by atoms with Gasteiger partial charge in [-0.25, -0.2) is 4.79 Å². The van der Waals surface area contributed by atoms with Gasteiger partial charge in [0.2, 0.25) is 5.91 Å². The number of rotatable bonds is 11. The Bertz CT molecular complexity index is 926. The molecule has 1 fully saturated rings. The second-order valence-electron chi connectivity index (χ2n) is 8.77. The standard InChI is InChI=1S/C27H35N3O4/c1-21(9-7-8-20-31)26(32)28-16-19-30-17-14-23(15-18-30)34-27(33)29-25-13-6-5-12-24(25)22-10-3-2-4-11-22/h2-6,10-13,20-21,23H,7-9,14-19H2,1H3,(H,28,32)(H,29,33). The predicted molar refractivity (Wildman–Crippen MR) is 134 cm³/mol. The summed E-state index contributed by atoms with van der Waals surface area (Å²) in [6, 6.07) is 17.6. The fourth-order valence-electron chi connectivity index (χ4n) is 4.15. The highest BCUT2D eigenvalue weighted by Gasteiger charge is 2.23. The van der Waals surface area contributed by atoms with Crippen LogP contribution in [0, 0.1) is 5.92 Å². The van der Waals surface area contributed by atoms with E-state index < -0.39 is 6.09 Å². The molecule has 2 aromatic carbocycles. The molecule has 7 heteroatoms. The Morgan fingerprint density at radius 3 is 2.53 bits per heavy atom. The van der Waals surface area contributed by atoms with Gasteiger partial charge in [-0.15, -0.1) is 0 Å². The van der Waals surface area contributed by atoms with Gasteiger partial charge in [-0.05, 0) is 37.3 Å². The summed E-state index contributed by atoms with van der Waals surface area (Å²) in [4.78, 5) is 37.3. The minimum Gasteiger partial charge on any atom is -0.446 e. The van der Waals surface area contributed by atoms with E-state index in [0.717, 1.165) is 68.4 Å². The van der Waals surface area contributed by atoms with E-state index in [-0.39, 0.29) is 17.9 Å². The van der Waals surface area contributed by atoms with Crippen LogP contribution in [0.15, 0.2) is 54.6 Å². The molecule has 2 aromatic rings. The minimum atomic E-state index is -0.433. The molecular formula is C27H35N3O4. The zero-order chi connectivity index (χ0) is 24.2. The second kappa shape index (κ2) is 13.5. The van der Waals surface area contributed by atoms with Crippen LogP contribution in [-0.4, -0.2) is 55.5 Å². The third kappa shape index (κ3) is 7.99. The summed E-state index contributed by atoms with van der Waals surface area (Å²) in [7, 11) is 0. The lowest BCUT2D eigenvalue weighted by Crippen LogP contribution is -2.42. The Morgan fingerprint density at radius 2 is 1.79 bits per heavy atom. The SMILES string of the molecule is CC(CCCC=O)C(=O)NCCN1CCC(OC(=O)Nc2ccccc2-c2ccccc2)CC1. The van der Waals surface area contributed by atoms with Crippen molar-refractivity contribution in [3.8, 4) is 11.1 Å². The summed E-state index contributed by atoms with van der Waals surface area (Å²) in [5, 5.41) is 5.88. The van der Waals surface area contributed by atoms with Gasteiger partial charge < -0.3 is 19.7 Å². The van der Waals surface area contributed by atoms with Crippen molar-refractivity contribution in [3.05, 3.63) is 54.6 Å². The molecule has 1 aliphatic rings. The van der Waals surface area contributed by atoms with Gasteiger partial charge >= 0.3 is 6.09 Å². The lowest BCUT2D eigenvalue weighted by molar-refractivity contribution is -0.125. The molecule has 3 rings (SSSR count). The van der Waals surface area contributed by atoms with Crippen LogP contribution in [0.25, 0.3) is 11.1 Å². The number of aldehydes is 1. The third-order valence-corrected chi connectivity index (χ3v) is 6.19. The molecule has 1 saturated heterocycles. The van der Waals surface area contributed by atoms with E-state index in [2.05, 4.69) is 15.5 Å². The first kappa shape index (κ1) is 25.4. The molecule has 0 saturated carbocycles. The van der Waals surface area contributed by atoms with E-state index in [1.807, 2.05) is 61.5 Å². The van der Waals surface area contributed by atoms with Crippen LogP contribution in [0.4, 0.5) is 10.5 Å². The summed E-state index contributed by atoms with van der Waals surface area (Å²) in [5.74, 6) is -0.0406. The highest BCUT2D eigenvalue weighted by Crippen LogP contribution is 2.28. The maximum absolute atomic E-state index is 12.5. The summed E-state index contributed by atoms with van der Waals surface area (Å²) >= 11 is 0. The largest absolute Gasteiger partial charge is 0.446 e. The Balaban J connectivity index is 1.37. The number of benzene rings is 2. The maximum Gasteiger partial charge on any atom is 0.411 e. The quantitative estimate of drug-likeness (QED) is 0.377. The summed E-state index contributed by atoms with van der Waals surface area (Å²) in [5.41, 5.74) is 2.72. The van der Waals surface area contributed by atoms with Crippen molar-refractivity contribution in [3.63, 3.8) is 0 Å². The summed E-state index contributed by atoms with van der Waals surface area (Å²) < 4.78 is 5.68. The second-order valence-corrected chi connectivity index (χ2v) is 8.77. The van der Waals surface area contributed by atoms with Gasteiger partial charge in [0, 0.05) is 44.1 Å². The van der Waals surface area contributed by atoms with Crippen LogP contribution in [0.2, 0.25) is 0 Å². The van der Waals surface area contributed by atoms with Gasteiger partial charge in [-0.3, -0.25) is 10.1 Å². The summed E-state index contributed by atoms with van der Waals surface area (Å²) in [6.07, 6.45) is 3.86. The van der Waals surface area contributed by atoms with Crippen LogP contribution < -0.4 is 10.6 Å².